The average molecular weight is 479 g/mol. The second-order valence-electron chi connectivity index (χ2n) is 10.0. The minimum absolute atomic E-state index is 0.00855. The van der Waals surface area contributed by atoms with Crippen molar-refractivity contribution in [3.63, 3.8) is 0 Å². The Bertz CT molecular complexity index is 1390. The van der Waals surface area contributed by atoms with E-state index in [9.17, 15) is 4.79 Å². The fourth-order valence-electron chi connectivity index (χ4n) is 4.93. The SMILES string of the molecule is CC(=O)[C@@H](OC(C)(C)C)c1c(C)nc2sc3c(c2c1-c1ccc2nc(C)sc2c1)CCCC3. The van der Waals surface area contributed by atoms with Crippen LogP contribution in [0.25, 0.3) is 31.6 Å². The third kappa shape index (κ3) is 4.13. The van der Waals surface area contributed by atoms with E-state index in [1.165, 1.54) is 33.4 Å². The number of fused-ring (bicyclic) bond motifs is 4. The maximum absolute atomic E-state index is 13.0. The molecular formula is C27H30N2O2S2. The number of thiazole rings is 1. The minimum atomic E-state index is -0.657. The zero-order valence-corrected chi connectivity index (χ0v) is 21.8. The highest BCUT2D eigenvalue weighted by atomic mass is 32.1. The van der Waals surface area contributed by atoms with Gasteiger partial charge in [-0.3, -0.25) is 4.79 Å². The molecule has 4 nitrogen and oxygen atoms in total. The lowest BCUT2D eigenvalue weighted by Gasteiger charge is -2.29. The minimum Gasteiger partial charge on any atom is -0.360 e. The van der Waals surface area contributed by atoms with Gasteiger partial charge in [0.25, 0.3) is 0 Å². The highest BCUT2D eigenvalue weighted by Gasteiger charge is 2.32. The van der Waals surface area contributed by atoms with Crippen molar-refractivity contribution in [1.82, 2.24) is 9.97 Å². The average Bonchev–Trinajstić information content (AvgIpc) is 3.28. The van der Waals surface area contributed by atoms with E-state index < -0.39 is 11.7 Å². The van der Waals surface area contributed by atoms with Crippen LogP contribution in [0.1, 0.15) is 73.3 Å². The third-order valence-electron chi connectivity index (χ3n) is 6.22. The summed E-state index contributed by atoms with van der Waals surface area (Å²) in [6.07, 6.45) is 3.96. The maximum Gasteiger partial charge on any atom is 0.163 e. The quantitative estimate of drug-likeness (QED) is 0.304. The number of nitrogens with zero attached hydrogens (tertiary/aromatic N) is 2. The number of aryl methyl sites for hydroxylation is 4. The van der Waals surface area contributed by atoms with Crippen molar-refractivity contribution in [3.05, 3.63) is 44.9 Å². The van der Waals surface area contributed by atoms with Crippen LogP contribution in [0.5, 0.6) is 0 Å². The van der Waals surface area contributed by atoms with Gasteiger partial charge in [0.2, 0.25) is 0 Å². The number of benzene rings is 1. The van der Waals surface area contributed by atoms with Crippen LogP contribution >= 0.6 is 22.7 Å². The van der Waals surface area contributed by atoms with E-state index in [0.717, 1.165) is 50.6 Å². The van der Waals surface area contributed by atoms with Crippen LogP contribution in [0, 0.1) is 13.8 Å². The lowest BCUT2D eigenvalue weighted by Crippen LogP contribution is -2.27. The molecule has 5 rings (SSSR count). The molecule has 0 aliphatic heterocycles. The molecule has 0 unspecified atom stereocenters. The molecule has 33 heavy (non-hydrogen) atoms. The Morgan fingerprint density at radius 3 is 2.58 bits per heavy atom. The molecule has 6 heteroatoms. The van der Waals surface area contributed by atoms with Crippen molar-refractivity contribution in [2.24, 2.45) is 0 Å². The van der Waals surface area contributed by atoms with Gasteiger partial charge in [0.15, 0.2) is 5.78 Å². The van der Waals surface area contributed by atoms with Crippen LogP contribution in [0.3, 0.4) is 0 Å². The van der Waals surface area contributed by atoms with Crippen molar-refractivity contribution in [2.75, 3.05) is 0 Å². The van der Waals surface area contributed by atoms with Crippen LogP contribution in [0.2, 0.25) is 0 Å². The predicted molar refractivity (Wildman–Crippen MR) is 139 cm³/mol. The smallest absolute Gasteiger partial charge is 0.163 e. The van der Waals surface area contributed by atoms with Crippen molar-refractivity contribution in [1.29, 1.82) is 0 Å². The highest BCUT2D eigenvalue weighted by molar-refractivity contribution is 7.19. The zero-order valence-electron chi connectivity index (χ0n) is 20.2. The van der Waals surface area contributed by atoms with Gasteiger partial charge in [-0.2, -0.15) is 0 Å². The molecule has 0 saturated carbocycles. The Morgan fingerprint density at radius 2 is 1.85 bits per heavy atom. The molecule has 1 aromatic carbocycles. The van der Waals surface area contributed by atoms with E-state index in [1.807, 2.05) is 46.0 Å². The van der Waals surface area contributed by atoms with Gasteiger partial charge in [0.1, 0.15) is 10.9 Å². The molecule has 1 aliphatic rings. The topological polar surface area (TPSA) is 52.1 Å². The molecule has 0 saturated heterocycles. The Kier molecular flexibility index (Phi) is 5.66. The summed E-state index contributed by atoms with van der Waals surface area (Å²) >= 11 is 3.54. The number of carbonyl (C=O) groups is 1. The standard InChI is InChI=1S/C27H30N2O2S2/c1-14-22(25(15(2)30)31-27(4,5)6)23(17-11-12-19-21(13-17)32-16(3)29-19)24-18-9-7-8-10-20(18)33-26(24)28-14/h11-13,25H,7-10H2,1-6H3/t25-/m1/s1. The number of ketones is 1. The van der Waals surface area contributed by atoms with Crippen LogP contribution in [0.15, 0.2) is 18.2 Å². The summed E-state index contributed by atoms with van der Waals surface area (Å²) in [7, 11) is 0. The summed E-state index contributed by atoms with van der Waals surface area (Å²) in [5, 5.41) is 2.28. The molecule has 0 fully saturated rings. The van der Waals surface area contributed by atoms with E-state index in [-0.39, 0.29) is 5.78 Å². The van der Waals surface area contributed by atoms with Gasteiger partial charge in [-0.15, -0.1) is 22.7 Å². The molecule has 0 spiro atoms. The molecule has 0 bridgehead atoms. The number of carbonyl (C=O) groups excluding carboxylic acids is 1. The second-order valence-corrected chi connectivity index (χ2v) is 12.3. The molecule has 0 N–H and O–H groups in total. The molecule has 1 atom stereocenters. The van der Waals surface area contributed by atoms with E-state index in [2.05, 4.69) is 23.2 Å². The van der Waals surface area contributed by atoms with Crippen LogP contribution in [-0.2, 0) is 22.4 Å². The van der Waals surface area contributed by atoms with Gasteiger partial charge in [-0.25, -0.2) is 9.97 Å². The van der Waals surface area contributed by atoms with Crippen LogP contribution in [-0.4, -0.2) is 21.4 Å². The first-order valence-corrected chi connectivity index (χ1v) is 13.3. The number of hydrogen-bond acceptors (Lipinski definition) is 6. The van der Waals surface area contributed by atoms with Crippen molar-refractivity contribution < 1.29 is 9.53 Å². The first-order valence-electron chi connectivity index (χ1n) is 11.6. The fraction of sp³-hybridized carbons (Fsp3) is 0.444. The number of Topliss-reactive ketones (excluding diaryl/α,β-unsaturated/α-hetero) is 1. The maximum atomic E-state index is 13.0. The lowest BCUT2D eigenvalue weighted by atomic mass is 9.87. The van der Waals surface area contributed by atoms with E-state index in [4.69, 9.17) is 9.72 Å². The monoisotopic (exact) mass is 478 g/mol. The Balaban J connectivity index is 1.87. The number of thiophene rings is 1. The van der Waals surface area contributed by atoms with Crippen molar-refractivity contribution in [2.45, 2.75) is 78.9 Å². The van der Waals surface area contributed by atoms with Gasteiger partial charge in [-0.05, 0) is 90.5 Å². The fourth-order valence-corrected chi connectivity index (χ4v) is 7.11. The molecule has 1 aliphatic carbocycles. The summed E-state index contributed by atoms with van der Waals surface area (Å²) < 4.78 is 7.56. The summed E-state index contributed by atoms with van der Waals surface area (Å²) in [4.78, 5) is 25.2. The van der Waals surface area contributed by atoms with Gasteiger partial charge in [0, 0.05) is 27.1 Å². The molecule has 3 aromatic heterocycles. The summed E-state index contributed by atoms with van der Waals surface area (Å²) in [5.41, 5.74) is 6.01. The molecule has 0 amide bonds. The second kappa shape index (κ2) is 8.26. The van der Waals surface area contributed by atoms with Crippen molar-refractivity contribution >= 4 is 48.9 Å². The number of aromatic nitrogens is 2. The first-order chi connectivity index (χ1) is 15.6. The number of pyridine rings is 1. The number of hydrogen-bond donors (Lipinski definition) is 0. The van der Waals surface area contributed by atoms with E-state index in [1.54, 1.807) is 18.3 Å². The van der Waals surface area contributed by atoms with E-state index in [0.29, 0.717) is 0 Å². The van der Waals surface area contributed by atoms with Crippen LogP contribution in [0.4, 0.5) is 0 Å². The third-order valence-corrected chi connectivity index (χ3v) is 8.34. The van der Waals surface area contributed by atoms with Gasteiger partial charge in [-0.1, -0.05) is 6.07 Å². The summed E-state index contributed by atoms with van der Waals surface area (Å²) in [6, 6.07) is 6.49. The number of ether oxygens (including phenoxy) is 1. The molecule has 4 aromatic rings. The van der Waals surface area contributed by atoms with Crippen molar-refractivity contribution in [3.8, 4) is 11.1 Å². The zero-order chi connectivity index (χ0) is 23.5. The molecule has 172 valence electrons. The molecule has 3 heterocycles. The molecular weight excluding hydrogens is 448 g/mol. The predicted octanol–water partition coefficient (Wildman–Crippen LogP) is 7.51. The van der Waals surface area contributed by atoms with Gasteiger partial charge < -0.3 is 4.74 Å². The first kappa shape index (κ1) is 22.6. The van der Waals surface area contributed by atoms with Crippen LogP contribution < -0.4 is 0 Å². The highest BCUT2D eigenvalue weighted by Crippen LogP contribution is 2.46. The molecule has 0 radical (unpaired) electrons. The number of rotatable bonds is 4. The van der Waals surface area contributed by atoms with Gasteiger partial charge in [0.05, 0.1) is 20.8 Å². The Labute approximate surface area is 203 Å². The van der Waals surface area contributed by atoms with E-state index >= 15 is 0 Å². The summed E-state index contributed by atoms with van der Waals surface area (Å²) in [6.45, 7) is 11.7. The Morgan fingerprint density at radius 1 is 1.09 bits per heavy atom. The lowest BCUT2D eigenvalue weighted by molar-refractivity contribution is -0.138. The summed E-state index contributed by atoms with van der Waals surface area (Å²) in [5.74, 6) is 0.00855. The normalized spacial score (nSPS) is 15.2. The van der Waals surface area contributed by atoms with Gasteiger partial charge >= 0.3 is 0 Å². The largest absolute Gasteiger partial charge is 0.360 e. The Hall–Kier alpha value is -2.15.